The molecule has 1 aliphatic heterocycles. The minimum Gasteiger partial charge on any atom is -0.342 e. The van der Waals surface area contributed by atoms with E-state index in [4.69, 9.17) is 0 Å². The Balaban J connectivity index is 2.42. The normalized spacial score (nSPS) is 22.1. The Kier molecular flexibility index (Phi) is 4.73. The second-order valence-electron chi connectivity index (χ2n) is 4.32. The van der Waals surface area contributed by atoms with E-state index in [9.17, 15) is 13.2 Å². The van der Waals surface area contributed by atoms with Gasteiger partial charge in [-0.2, -0.15) is 0 Å². The van der Waals surface area contributed by atoms with Gasteiger partial charge in [0.05, 0.1) is 6.26 Å². The maximum atomic E-state index is 11.5. The Morgan fingerprint density at radius 2 is 2.19 bits per heavy atom. The van der Waals surface area contributed by atoms with E-state index in [1.165, 1.54) is 0 Å². The summed E-state index contributed by atoms with van der Waals surface area (Å²) < 4.78 is 24.4. The minimum atomic E-state index is -3.12. The SMILES string of the molecule is CCC(=O)N1CCC[C@@H](CNS(C)(=O)=O)C1. The van der Waals surface area contributed by atoms with Gasteiger partial charge in [0.25, 0.3) is 0 Å². The molecule has 1 amide bonds. The van der Waals surface area contributed by atoms with Crippen LogP contribution in [0.15, 0.2) is 0 Å². The molecule has 0 aliphatic carbocycles. The number of piperidine rings is 1. The summed E-state index contributed by atoms with van der Waals surface area (Å²) in [7, 11) is -3.12. The third-order valence-electron chi connectivity index (χ3n) is 2.81. The molecule has 6 heteroatoms. The molecule has 94 valence electrons. The molecule has 1 aliphatic rings. The van der Waals surface area contributed by atoms with Gasteiger partial charge < -0.3 is 4.90 Å². The molecule has 0 saturated carbocycles. The summed E-state index contributed by atoms with van der Waals surface area (Å²) in [6.45, 7) is 3.77. The number of hydrogen-bond donors (Lipinski definition) is 1. The van der Waals surface area contributed by atoms with E-state index in [0.717, 1.165) is 25.6 Å². The molecular weight excluding hydrogens is 228 g/mol. The number of amides is 1. The number of rotatable bonds is 4. The van der Waals surface area contributed by atoms with Crippen LogP contribution in [0.5, 0.6) is 0 Å². The van der Waals surface area contributed by atoms with Crippen molar-refractivity contribution in [2.45, 2.75) is 26.2 Å². The van der Waals surface area contributed by atoms with Crippen molar-refractivity contribution in [2.75, 3.05) is 25.9 Å². The zero-order chi connectivity index (χ0) is 12.2. The molecule has 0 radical (unpaired) electrons. The van der Waals surface area contributed by atoms with Gasteiger partial charge in [-0.3, -0.25) is 4.79 Å². The van der Waals surface area contributed by atoms with Crippen LogP contribution >= 0.6 is 0 Å². The second-order valence-corrected chi connectivity index (χ2v) is 6.16. The number of hydrogen-bond acceptors (Lipinski definition) is 3. The lowest BCUT2D eigenvalue weighted by molar-refractivity contribution is -0.132. The van der Waals surface area contributed by atoms with Crippen LogP contribution in [0.1, 0.15) is 26.2 Å². The van der Waals surface area contributed by atoms with Crippen molar-refractivity contribution in [1.29, 1.82) is 0 Å². The first-order chi connectivity index (χ1) is 7.42. The van der Waals surface area contributed by atoms with Gasteiger partial charge >= 0.3 is 0 Å². The molecule has 1 atom stereocenters. The van der Waals surface area contributed by atoms with Gasteiger partial charge in [0, 0.05) is 26.1 Å². The minimum absolute atomic E-state index is 0.157. The maximum Gasteiger partial charge on any atom is 0.222 e. The number of nitrogens with one attached hydrogen (secondary N) is 1. The van der Waals surface area contributed by atoms with Crippen molar-refractivity contribution in [3.8, 4) is 0 Å². The van der Waals surface area contributed by atoms with Gasteiger partial charge in [-0.05, 0) is 18.8 Å². The number of carbonyl (C=O) groups is 1. The average molecular weight is 248 g/mol. The molecule has 0 aromatic carbocycles. The summed E-state index contributed by atoms with van der Waals surface area (Å²) in [5.74, 6) is 0.406. The molecule has 1 saturated heterocycles. The highest BCUT2D eigenvalue weighted by Gasteiger charge is 2.23. The average Bonchev–Trinajstić information content (AvgIpc) is 2.25. The van der Waals surface area contributed by atoms with Crippen molar-refractivity contribution in [3.05, 3.63) is 0 Å². The second kappa shape index (κ2) is 5.63. The molecule has 0 spiro atoms. The van der Waals surface area contributed by atoms with Crippen LogP contribution in [-0.2, 0) is 14.8 Å². The summed E-state index contributed by atoms with van der Waals surface area (Å²) in [6.07, 6.45) is 3.62. The Morgan fingerprint density at radius 1 is 1.50 bits per heavy atom. The quantitative estimate of drug-likeness (QED) is 0.772. The predicted molar refractivity (Wildman–Crippen MR) is 62.4 cm³/mol. The van der Waals surface area contributed by atoms with Crippen LogP contribution in [0, 0.1) is 5.92 Å². The summed E-state index contributed by atoms with van der Waals surface area (Å²) in [6, 6.07) is 0. The van der Waals surface area contributed by atoms with Crippen molar-refractivity contribution < 1.29 is 13.2 Å². The fourth-order valence-corrected chi connectivity index (χ4v) is 2.49. The van der Waals surface area contributed by atoms with E-state index in [2.05, 4.69) is 4.72 Å². The predicted octanol–water partition coefficient (Wildman–Crippen LogP) is 0.184. The topological polar surface area (TPSA) is 66.5 Å². The van der Waals surface area contributed by atoms with Gasteiger partial charge in [-0.15, -0.1) is 0 Å². The lowest BCUT2D eigenvalue weighted by Crippen LogP contribution is -2.43. The van der Waals surface area contributed by atoms with Crippen molar-refractivity contribution in [3.63, 3.8) is 0 Å². The van der Waals surface area contributed by atoms with Crippen LogP contribution in [0.4, 0.5) is 0 Å². The largest absolute Gasteiger partial charge is 0.342 e. The highest BCUT2D eigenvalue weighted by Crippen LogP contribution is 2.16. The van der Waals surface area contributed by atoms with Gasteiger partial charge in [0.1, 0.15) is 0 Å². The van der Waals surface area contributed by atoms with E-state index in [0.29, 0.717) is 19.5 Å². The molecular formula is C10H20N2O3S. The van der Waals surface area contributed by atoms with Crippen molar-refractivity contribution in [2.24, 2.45) is 5.92 Å². The number of likely N-dealkylation sites (tertiary alicyclic amines) is 1. The number of nitrogens with zero attached hydrogens (tertiary/aromatic N) is 1. The van der Waals surface area contributed by atoms with Gasteiger partial charge in [-0.25, -0.2) is 13.1 Å². The van der Waals surface area contributed by atoms with E-state index < -0.39 is 10.0 Å². The monoisotopic (exact) mass is 248 g/mol. The molecule has 1 rings (SSSR count). The molecule has 16 heavy (non-hydrogen) atoms. The summed E-state index contributed by atoms with van der Waals surface area (Å²) in [5, 5.41) is 0. The Bertz CT molecular complexity index is 340. The fraction of sp³-hybridized carbons (Fsp3) is 0.900. The molecule has 1 heterocycles. The maximum absolute atomic E-state index is 11.5. The highest BCUT2D eigenvalue weighted by molar-refractivity contribution is 7.88. The van der Waals surface area contributed by atoms with Crippen LogP contribution in [0.2, 0.25) is 0 Å². The third-order valence-corrected chi connectivity index (χ3v) is 3.50. The Labute approximate surface area is 97.2 Å². The van der Waals surface area contributed by atoms with E-state index in [1.54, 1.807) is 0 Å². The van der Waals surface area contributed by atoms with E-state index in [-0.39, 0.29) is 11.8 Å². The standard InChI is InChI=1S/C10H20N2O3S/c1-3-10(13)12-6-4-5-9(8-12)7-11-16(2,14)15/h9,11H,3-8H2,1-2H3/t9-/m0/s1. The first kappa shape index (κ1) is 13.4. The van der Waals surface area contributed by atoms with Crippen LogP contribution < -0.4 is 4.72 Å². The lowest BCUT2D eigenvalue weighted by atomic mass is 9.98. The molecule has 0 aromatic rings. The molecule has 0 aromatic heterocycles. The van der Waals surface area contributed by atoms with Gasteiger partial charge in [0.2, 0.25) is 15.9 Å². The van der Waals surface area contributed by atoms with E-state index in [1.807, 2.05) is 11.8 Å². The van der Waals surface area contributed by atoms with Crippen LogP contribution in [0.3, 0.4) is 0 Å². The Hall–Kier alpha value is -0.620. The smallest absolute Gasteiger partial charge is 0.222 e. The van der Waals surface area contributed by atoms with E-state index >= 15 is 0 Å². The number of carbonyl (C=O) groups excluding carboxylic acids is 1. The van der Waals surface area contributed by atoms with Crippen molar-refractivity contribution >= 4 is 15.9 Å². The summed E-state index contributed by atoms with van der Waals surface area (Å²) in [4.78, 5) is 13.3. The van der Waals surface area contributed by atoms with Gasteiger partial charge in [0.15, 0.2) is 0 Å². The third kappa shape index (κ3) is 4.49. The Morgan fingerprint density at radius 3 is 2.75 bits per heavy atom. The van der Waals surface area contributed by atoms with Crippen LogP contribution in [0.25, 0.3) is 0 Å². The zero-order valence-corrected chi connectivity index (χ0v) is 10.7. The van der Waals surface area contributed by atoms with Gasteiger partial charge in [-0.1, -0.05) is 6.92 Å². The summed E-state index contributed by atoms with van der Waals surface area (Å²) >= 11 is 0. The van der Waals surface area contributed by atoms with Crippen LogP contribution in [-0.4, -0.2) is 45.1 Å². The molecule has 0 unspecified atom stereocenters. The molecule has 1 N–H and O–H groups in total. The fourth-order valence-electron chi connectivity index (χ4n) is 1.95. The molecule has 0 bridgehead atoms. The first-order valence-electron chi connectivity index (χ1n) is 5.64. The lowest BCUT2D eigenvalue weighted by Gasteiger charge is -2.32. The first-order valence-corrected chi connectivity index (χ1v) is 7.54. The zero-order valence-electron chi connectivity index (χ0n) is 9.90. The summed E-state index contributed by atoms with van der Waals surface area (Å²) in [5.41, 5.74) is 0. The molecule has 1 fully saturated rings. The highest BCUT2D eigenvalue weighted by atomic mass is 32.2. The van der Waals surface area contributed by atoms with Crippen molar-refractivity contribution in [1.82, 2.24) is 9.62 Å². The molecule has 5 nitrogen and oxygen atoms in total. The number of sulfonamides is 1.